The summed E-state index contributed by atoms with van der Waals surface area (Å²) in [5.74, 6) is -1.93. The van der Waals surface area contributed by atoms with Gasteiger partial charge in [0.2, 0.25) is 17.7 Å². The van der Waals surface area contributed by atoms with Gasteiger partial charge in [0.15, 0.2) is 0 Å². The molecule has 2 N–H and O–H groups in total. The van der Waals surface area contributed by atoms with Crippen molar-refractivity contribution in [2.75, 3.05) is 11.9 Å². The zero-order valence-corrected chi connectivity index (χ0v) is 16.4. The van der Waals surface area contributed by atoms with E-state index in [4.69, 9.17) is 0 Å². The molecule has 0 radical (unpaired) electrons. The maximum atomic E-state index is 13.5. The first-order valence-electron chi connectivity index (χ1n) is 10.0. The second-order valence-electron chi connectivity index (χ2n) is 8.26. The highest BCUT2D eigenvalue weighted by molar-refractivity contribution is 6.15. The first kappa shape index (κ1) is 18.1. The lowest BCUT2D eigenvalue weighted by atomic mass is 9.76. The number of fused-ring (bicyclic) bond motifs is 4. The van der Waals surface area contributed by atoms with E-state index in [1.54, 1.807) is 0 Å². The molecule has 6 nitrogen and oxygen atoms in total. The third kappa shape index (κ3) is 2.35. The van der Waals surface area contributed by atoms with Crippen LogP contribution in [0.15, 0.2) is 48.5 Å². The molecule has 148 valence electrons. The topological polar surface area (TPSA) is 78.5 Å². The van der Waals surface area contributed by atoms with Crippen molar-refractivity contribution >= 4 is 23.4 Å². The lowest BCUT2D eigenvalue weighted by Gasteiger charge is -2.29. The van der Waals surface area contributed by atoms with Crippen LogP contribution in [0.2, 0.25) is 0 Å². The Kier molecular flexibility index (Phi) is 3.90. The molecule has 0 aromatic heterocycles. The van der Waals surface area contributed by atoms with Gasteiger partial charge in [0.05, 0.1) is 11.8 Å². The SMILES string of the molecule is Cc1cccc2c1NC(=O)C21NC(C)C2C(=O)N(CCc3ccccc3)C(=O)C21. The Morgan fingerprint density at radius 1 is 1.00 bits per heavy atom. The number of nitrogens with one attached hydrogen (secondary N) is 2. The van der Waals surface area contributed by atoms with E-state index in [-0.39, 0.29) is 23.8 Å². The molecule has 3 amide bonds. The molecule has 2 fully saturated rings. The summed E-state index contributed by atoms with van der Waals surface area (Å²) in [5.41, 5.74) is 2.36. The molecule has 1 spiro atoms. The van der Waals surface area contributed by atoms with Crippen molar-refractivity contribution in [3.05, 3.63) is 65.2 Å². The molecule has 3 aliphatic heterocycles. The summed E-state index contributed by atoms with van der Waals surface area (Å²) in [6.07, 6.45) is 0.606. The molecule has 29 heavy (non-hydrogen) atoms. The summed E-state index contributed by atoms with van der Waals surface area (Å²) in [6, 6.07) is 15.2. The maximum Gasteiger partial charge on any atom is 0.250 e. The van der Waals surface area contributed by atoms with Gasteiger partial charge in [-0.05, 0) is 31.4 Å². The molecule has 5 rings (SSSR count). The third-order valence-electron chi connectivity index (χ3n) is 6.66. The summed E-state index contributed by atoms with van der Waals surface area (Å²) in [4.78, 5) is 41.2. The van der Waals surface area contributed by atoms with E-state index in [0.717, 1.165) is 22.4 Å². The van der Waals surface area contributed by atoms with Crippen molar-refractivity contribution in [1.29, 1.82) is 0 Å². The number of carbonyl (C=O) groups excluding carboxylic acids is 3. The molecule has 3 aliphatic rings. The Hall–Kier alpha value is -2.99. The van der Waals surface area contributed by atoms with Crippen molar-refractivity contribution < 1.29 is 14.4 Å². The fraction of sp³-hybridized carbons (Fsp3) is 0.348. The fourth-order valence-corrected chi connectivity index (χ4v) is 5.30. The minimum atomic E-state index is -1.18. The lowest BCUT2D eigenvalue weighted by molar-refractivity contribution is -0.142. The Labute approximate surface area is 169 Å². The van der Waals surface area contributed by atoms with Crippen LogP contribution in [-0.4, -0.2) is 35.2 Å². The number of hydrogen-bond donors (Lipinski definition) is 2. The number of benzene rings is 2. The van der Waals surface area contributed by atoms with Gasteiger partial charge < -0.3 is 5.32 Å². The first-order valence-corrected chi connectivity index (χ1v) is 10.0. The summed E-state index contributed by atoms with van der Waals surface area (Å²) < 4.78 is 0. The van der Waals surface area contributed by atoms with Crippen LogP contribution in [0.1, 0.15) is 23.6 Å². The van der Waals surface area contributed by atoms with Gasteiger partial charge in [-0.2, -0.15) is 0 Å². The molecule has 4 unspecified atom stereocenters. The molecular formula is C23H23N3O3. The Bertz CT molecular complexity index is 1030. The van der Waals surface area contributed by atoms with Crippen LogP contribution in [0.25, 0.3) is 0 Å². The van der Waals surface area contributed by atoms with Crippen molar-refractivity contribution in [2.24, 2.45) is 11.8 Å². The number of rotatable bonds is 3. The fourth-order valence-electron chi connectivity index (χ4n) is 5.30. The highest BCUT2D eigenvalue weighted by atomic mass is 16.2. The zero-order valence-electron chi connectivity index (χ0n) is 16.4. The largest absolute Gasteiger partial charge is 0.324 e. The van der Waals surface area contributed by atoms with Gasteiger partial charge in [0.25, 0.3) is 0 Å². The third-order valence-corrected chi connectivity index (χ3v) is 6.66. The van der Waals surface area contributed by atoms with Crippen LogP contribution in [0.5, 0.6) is 0 Å². The normalized spacial score (nSPS) is 30.1. The average molecular weight is 389 g/mol. The molecule has 4 atom stereocenters. The molecule has 2 saturated heterocycles. The van der Waals surface area contributed by atoms with Gasteiger partial charge in [-0.3, -0.25) is 24.6 Å². The average Bonchev–Trinajstić information content (AvgIpc) is 3.27. The van der Waals surface area contributed by atoms with E-state index in [1.165, 1.54) is 4.90 Å². The predicted molar refractivity (Wildman–Crippen MR) is 108 cm³/mol. The van der Waals surface area contributed by atoms with Gasteiger partial charge >= 0.3 is 0 Å². The Morgan fingerprint density at radius 3 is 2.52 bits per heavy atom. The second kappa shape index (κ2) is 6.26. The van der Waals surface area contributed by atoms with Gasteiger partial charge in [-0.15, -0.1) is 0 Å². The Balaban J connectivity index is 1.52. The van der Waals surface area contributed by atoms with Crippen molar-refractivity contribution in [2.45, 2.75) is 31.8 Å². The summed E-state index contributed by atoms with van der Waals surface area (Å²) >= 11 is 0. The van der Waals surface area contributed by atoms with Gasteiger partial charge in [0.1, 0.15) is 5.54 Å². The summed E-state index contributed by atoms with van der Waals surface area (Å²) in [5, 5.41) is 6.30. The molecule has 0 saturated carbocycles. The van der Waals surface area contributed by atoms with E-state index in [1.807, 2.05) is 62.4 Å². The van der Waals surface area contributed by atoms with Crippen LogP contribution in [-0.2, 0) is 26.3 Å². The number of carbonyl (C=O) groups is 3. The van der Waals surface area contributed by atoms with Crippen LogP contribution in [0.3, 0.4) is 0 Å². The maximum absolute atomic E-state index is 13.5. The minimum Gasteiger partial charge on any atom is -0.324 e. The van der Waals surface area contributed by atoms with E-state index < -0.39 is 17.4 Å². The van der Waals surface area contributed by atoms with Crippen LogP contribution in [0, 0.1) is 18.8 Å². The van der Waals surface area contributed by atoms with E-state index in [2.05, 4.69) is 10.6 Å². The molecule has 0 aliphatic carbocycles. The lowest BCUT2D eigenvalue weighted by Crippen LogP contribution is -2.53. The highest BCUT2D eigenvalue weighted by Gasteiger charge is 2.69. The van der Waals surface area contributed by atoms with Gasteiger partial charge in [-0.25, -0.2) is 0 Å². The standard InChI is InChI=1S/C23H23N3O3/c1-13-7-6-10-16-19(13)24-22(29)23(16)18-17(14(2)25-23)20(27)26(21(18)28)12-11-15-8-4-3-5-9-15/h3-10,14,17-18,25H,11-12H2,1-2H3,(H,24,29). The number of aryl methyl sites for hydroxylation is 1. The van der Waals surface area contributed by atoms with Crippen LogP contribution < -0.4 is 10.6 Å². The highest BCUT2D eigenvalue weighted by Crippen LogP contribution is 2.53. The van der Waals surface area contributed by atoms with Gasteiger partial charge in [0, 0.05) is 23.8 Å². The number of para-hydroxylation sites is 1. The molecular weight excluding hydrogens is 366 g/mol. The molecule has 0 bridgehead atoms. The van der Waals surface area contributed by atoms with Gasteiger partial charge in [-0.1, -0.05) is 48.5 Å². The van der Waals surface area contributed by atoms with Crippen LogP contribution in [0.4, 0.5) is 5.69 Å². The number of nitrogens with zero attached hydrogens (tertiary/aromatic N) is 1. The van der Waals surface area contributed by atoms with Crippen molar-refractivity contribution in [3.8, 4) is 0 Å². The molecule has 2 aromatic carbocycles. The van der Waals surface area contributed by atoms with Crippen molar-refractivity contribution in [3.63, 3.8) is 0 Å². The monoisotopic (exact) mass is 389 g/mol. The van der Waals surface area contributed by atoms with E-state index in [9.17, 15) is 14.4 Å². The quantitative estimate of drug-likeness (QED) is 0.787. The van der Waals surface area contributed by atoms with Crippen LogP contribution >= 0.6 is 0 Å². The molecule has 3 heterocycles. The number of likely N-dealkylation sites (tertiary alicyclic amines) is 1. The number of imide groups is 1. The zero-order chi connectivity index (χ0) is 20.3. The summed E-state index contributed by atoms with van der Waals surface area (Å²) in [7, 11) is 0. The number of anilines is 1. The minimum absolute atomic E-state index is 0.179. The number of amides is 3. The predicted octanol–water partition coefficient (Wildman–Crippen LogP) is 1.98. The molecule has 6 heteroatoms. The van der Waals surface area contributed by atoms with E-state index >= 15 is 0 Å². The first-order chi connectivity index (χ1) is 13.9. The smallest absolute Gasteiger partial charge is 0.250 e. The number of hydrogen-bond acceptors (Lipinski definition) is 4. The Morgan fingerprint density at radius 2 is 1.76 bits per heavy atom. The molecule has 2 aromatic rings. The van der Waals surface area contributed by atoms with Crippen molar-refractivity contribution in [1.82, 2.24) is 10.2 Å². The summed E-state index contributed by atoms with van der Waals surface area (Å²) in [6.45, 7) is 4.15. The second-order valence-corrected chi connectivity index (χ2v) is 8.26. The van der Waals surface area contributed by atoms with E-state index in [0.29, 0.717) is 13.0 Å².